The van der Waals surface area contributed by atoms with Gasteiger partial charge in [-0.15, -0.1) is 0 Å². The first-order chi connectivity index (χ1) is 8.22. The summed E-state index contributed by atoms with van der Waals surface area (Å²) in [5.41, 5.74) is 0.946. The molecule has 0 radical (unpaired) electrons. The van der Waals surface area contributed by atoms with Crippen molar-refractivity contribution in [2.75, 3.05) is 26.8 Å². The van der Waals surface area contributed by atoms with E-state index in [1.165, 1.54) is 13.2 Å². The summed E-state index contributed by atoms with van der Waals surface area (Å²) in [6, 6.07) is 5.06. The van der Waals surface area contributed by atoms with Crippen molar-refractivity contribution in [2.24, 2.45) is 5.92 Å². The molecule has 1 saturated heterocycles. The van der Waals surface area contributed by atoms with Crippen LogP contribution in [0.2, 0.25) is 0 Å². The Labute approximate surface area is 101 Å². The molecule has 0 aliphatic carbocycles. The third-order valence-electron chi connectivity index (χ3n) is 3.25. The standard InChI is InChI=1S/C13H18FNO2/c1-17-13-3-2-10(6-12(13)14)7-15-5-4-11(8-15)9-16/h2-3,6,11,16H,4-5,7-9H2,1H3/t11-/m0/s1. The zero-order chi connectivity index (χ0) is 12.3. The lowest BCUT2D eigenvalue weighted by Crippen LogP contribution is -2.21. The second-order valence-corrected chi connectivity index (χ2v) is 4.54. The third kappa shape index (κ3) is 2.96. The molecule has 1 fully saturated rings. The molecule has 1 aliphatic heterocycles. The Balaban J connectivity index is 1.97. The smallest absolute Gasteiger partial charge is 0.165 e. The van der Waals surface area contributed by atoms with Crippen molar-refractivity contribution in [1.29, 1.82) is 0 Å². The highest BCUT2D eigenvalue weighted by Gasteiger charge is 2.21. The average Bonchev–Trinajstić information content (AvgIpc) is 2.77. The van der Waals surface area contributed by atoms with E-state index in [0.717, 1.165) is 31.6 Å². The van der Waals surface area contributed by atoms with Gasteiger partial charge in [-0.1, -0.05) is 6.07 Å². The van der Waals surface area contributed by atoms with E-state index >= 15 is 0 Å². The largest absolute Gasteiger partial charge is 0.494 e. The van der Waals surface area contributed by atoms with E-state index in [9.17, 15) is 4.39 Å². The summed E-state index contributed by atoms with van der Waals surface area (Å²) in [4.78, 5) is 2.24. The van der Waals surface area contributed by atoms with Gasteiger partial charge in [0.05, 0.1) is 7.11 Å². The second-order valence-electron chi connectivity index (χ2n) is 4.54. The number of likely N-dealkylation sites (tertiary alicyclic amines) is 1. The molecular formula is C13H18FNO2. The number of hydrogen-bond acceptors (Lipinski definition) is 3. The number of methoxy groups -OCH3 is 1. The van der Waals surface area contributed by atoms with Crippen LogP contribution in [0.1, 0.15) is 12.0 Å². The van der Waals surface area contributed by atoms with Gasteiger partial charge in [0, 0.05) is 19.7 Å². The van der Waals surface area contributed by atoms with Crippen LogP contribution in [-0.2, 0) is 6.54 Å². The van der Waals surface area contributed by atoms with Gasteiger partial charge >= 0.3 is 0 Å². The van der Waals surface area contributed by atoms with Gasteiger partial charge in [-0.25, -0.2) is 4.39 Å². The number of aliphatic hydroxyl groups excluding tert-OH is 1. The lowest BCUT2D eigenvalue weighted by molar-refractivity contribution is 0.220. The van der Waals surface area contributed by atoms with Gasteiger partial charge in [-0.3, -0.25) is 4.90 Å². The summed E-state index contributed by atoms with van der Waals surface area (Å²) in [5.74, 6) is 0.337. The number of nitrogens with zero attached hydrogens (tertiary/aromatic N) is 1. The van der Waals surface area contributed by atoms with Gasteiger partial charge < -0.3 is 9.84 Å². The Bertz CT molecular complexity index is 384. The van der Waals surface area contributed by atoms with Gasteiger partial charge in [0.1, 0.15) is 0 Å². The summed E-state index contributed by atoms with van der Waals surface area (Å²) in [7, 11) is 1.46. The van der Waals surface area contributed by atoms with Crippen molar-refractivity contribution in [3.8, 4) is 5.75 Å². The third-order valence-corrected chi connectivity index (χ3v) is 3.25. The van der Waals surface area contributed by atoms with Crippen LogP contribution in [-0.4, -0.2) is 36.8 Å². The Morgan fingerprint density at radius 1 is 1.53 bits per heavy atom. The highest BCUT2D eigenvalue weighted by Crippen LogP contribution is 2.21. The predicted molar refractivity (Wildman–Crippen MR) is 63.4 cm³/mol. The molecule has 0 saturated carbocycles. The minimum absolute atomic E-state index is 0.244. The number of halogens is 1. The summed E-state index contributed by atoms with van der Waals surface area (Å²) in [6.45, 7) is 2.84. The van der Waals surface area contributed by atoms with Crippen molar-refractivity contribution >= 4 is 0 Å². The van der Waals surface area contributed by atoms with Crippen LogP contribution < -0.4 is 4.74 Å². The van der Waals surface area contributed by atoms with E-state index in [-0.39, 0.29) is 18.2 Å². The fraction of sp³-hybridized carbons (Fsp3) is 0.538. The Kier molecular flexibility index (Phi) is 3.97. The van der Waals surface area contributed by atoms with Crippen LogP contribution in [0.5, 0.6) is 5.75 Å². The molecule has 1 aliphatic rings. The van der Waals surface area contributed by atoms with Gasteiger partial charge in [-0.05, 0) is 36.6 Å². The normalized spacial score (nSPS) is 20.8. The van der Waals surface area contributed by atoms with Crippen LogP contribution in [0.25, 0.3) is 0 Å². The van der Waals surface area contributed by atoms with Crippen LogP contribution >= 0.6 is 0 Å². The first-order valence-electron chi connectivity index (χ1n) is 5.88. The fourth-order valence-electron chi connectivity index (χ4n) is 2.27. The van der Waals surface area contributed by atoms with E-state index < -0.39 is 0 Å². The first-order valence-corrected chi connectivity index (χ1v) is 5.88. The molecule has 17 heavy (non-hydrogen) atoms. The van der Waals surface area contributed by atoms with Crippen molar-refractivity contribution < 1.29 is 14.2 Å². The lowest BCUT2D eigenvalue weighted by atomic mass is 10.1. The van der Waals surface area contributed by atoms with Gasteiger partial charge in [0.2, 0.25) is 0 Å². The number of rotatable bonds is 4. The highest BCUT2D eigenvalue weighted by molar-refractivity contribution is 5.29. The van der Waals surface area contributed by atoms with E-state index in [1.54, 1.807) is 6.07 Å². The van der Waals surface area contributed by atoms with Crippen molar-refractivity contribution in [3.63, 3.8) is 0 Å². The van der Waals surface area contributed by atoms with Crippen LogP contribution in [0, 0.1) is 11.7 Å². The Morgan fingerprint density at radius 3 is 2.94 bits per heavy atom. The molecular weight excluding hydrogens is 221 g/mol. The lowest BCUT2D eigenvalue weighted by Gasteiger charge is -2.16. The quantitative estimate of drug-likeness (QED) is 0.867. The zero-order valence-corrected chi connectivity index (χ0v) is 10.0. The summed E-state index contributed by atoms with van der Waals surface area (Å²) >= 11 is 0. The topological polar surface area (TPSA) is 32.7 Å². The van der Waals surface area contributed by atoms with Crippen molar-refractivity contribution in [2.45, 2.75) is 13.0 Å². The Morgan fingerprint density at radius 2 is 2.35 bits per heavy atom. The SMILES string of the molecule is COc1ccc(CN2CC[C@H](CO)C2)cc1F. The number of aliphatic hydroxyl groups is 1. The van der Waals surface area contributed by atoms with Crippen molar-refractivity contribution in [1.82, 2.24) is 4.90 Å². The summed E-state index contributed by atoms with van der Waals surface area (Å²) < 4.78 is 18.4. The monoisotopic (exact) mass is 239 g/mol. The van der Waals surface area contributed by atoms with E-state index in [4.69, 9.17) is 9.84 Å². The maximum atomic E-state index is 13.5. The zero-order valence-electron chi connectivity index (χ0n) is 10.0. The maximum absolute atomic E-state index is 13.5. The van der Waals surface area contributed by atoms with Crippen LogP contribution in [0.4, 0.5) is 4.39 Å². The molecule has 1 atom stereocenters. The second kappa shape index (κ2) is 5.47. The molecule has 94 valence electrons. The molecule has 1 aromatic rings. The molecule has 4 heteroatoms. The molecule has 0 bridgehead atoms. The van der Waals surface area contributed by atoms with E-state index in [2.05, 4.69) is 4.90 Å². The number of hydrogen-bond donors (Lipinski definition) is 1. The van der Waals surface area contributed by atoms with Crippen LogP contribution in [0.3, 0.4) is 0 Å². The van der Waals surface area contributed by atoms with Gasteiger partial charge in [0.15, 0.2) is 11.6 Å². The van der Waals surface area contributed by atoms with E-state index in [1.807, 2.05) is 6.07 Å². The fourth-order valence-corrected chi connectivity index (χ4v) is 2.27. The highest BCUT2D eigenvalue weighted by atomic mass is 19.1. The maximum Gasteiger partial charge on any atom is 0.165 e. The van der Waals surface area contributed by atoms with Crippen molar-refractivity contribution in [3.05, 3.63) is 29.6 Å². The van der Waals surface area contributed by atoms with Crippen LogP contribution in [0.15, 0.2) is 18.2 Å². The molecule has 0 spiro atoms. The molecule has 2 rings (SSSR count). The molecule has 1 N–H and O–H groups in total. The minimum atomic E-state index is -0.317. The minimum Gasteiger partial charge on any atom is -0.494 e. The Hall–Kier alpha value is -1.13. The molecule has 1 heterocycles. The molecule has 1 aromatic carbocycles. The molecule has 0 aromatic heterocycles. The van der Waals surface area contributed by atoms with E-state index in [0.29, 0.717) is 5.92 Å². The number of ether oxygens (including phenoxy) is 1. The molecule has 3 nitrogen and oxygen atoms in total. The summed E-state index contributed by atoms with van der Waals surface area (Å²) in [6.07, 6.45) is 1.02. The average molecular weight is 239 g/mol. The number of benzene rings is 1. The van der Waals surface area contributed by atoms with Gasteiger partial charge in [-0.2, -0.15) is 0 Å². The molecule has 0 amide bonds. The molecule has 0 unspecified atom stereocenters. The first kappa shape index (κ1) is 12.3. The predicted octanol–water partition coefficient (Wildman–Crippen LogP) is 1.65. The van der Waals surface area contributed by atoms with Gasteiger partial charge in [0.25, 0.3) is 0 Å². The summed E-state index contributed by atoms with van der Waals surface area (Å²) in [5, 5.41) is 9.06.